The van der Waals surface area contributed by atoms with E-state index in [0.717, 1.165) is 33.9 Å². The molecule has 154 valence electrons. The van der Waals surface area contributed by atoms with Gasteiger partial charge in [-0.1, -0.05) is 24.3 Å². The molecule has 0 fully saturated rings. The molecule has 3 aromatic carbocycles. The maximum Gasteiger partial charge on any atom is 0.210 e. The summed E-state index contributed by atoms with van der Waals surface area (Å²) in [6, 6.07) is 17.0. The lowest BCUT2D eigenvalue weighted by Gasteiger charge is -2.09. The zero-order valence-corrected chi connectivity index (χ0v) is 17.5. The number of aromatic nitrogens is 1. The van der Waals surface area contributed by atoms with Crippen LogP contribution in [0.25, 0.3) is 21.8 Å². The molecule has 0 aliphatic carbocycles. The van der Waals surface area contributed by atoms with Crippen molar-refractivity contribution in [2.45, 2.75) is 26.8 Å². The van der Waals surface area contributed by atoms with Crippen molar-refractivity contribution in [2.24, 2.45) is 0 Å². The Morgan fingerprint density at radius 3 is 2.65 bits per heavy atom. The number of ether oxygens (including phenoxy) is 1. The van der Waals surface area contributed by atoms with Crippen LogP contribution in [0.1, 0.15) is 45.2 Å². The summed E-state index contributed by atoms with van der Waals surface area (Å²) in [6.45, 7) is 5.03. The molecule has 0 atom stereocenters. The van der Waals surface area contributed by atoms with Crippen LogP contribution < -0.4 is 4.74 Å². The number of benzene rings is 3. The van der Waals surface area contributed by atoms with Gasteiger partial charge in [-0.3, -0.25) is 9.59 Å². The predicted octanol–water partition coefficient (Wildman–Crippen LogP) is 5.34. The molecule has 1 aliphatic rings. The van der Waals surface area contributed by atoms with E-state index in [-0.39, 0.29) is 23.9 Å². The number of aryl methyl sites for hydroxylation is 2. The first kappa shape index (κ1) is 19.2. The number of ketones is 2. The quantitative estimate of drug-likeness (QED) is 0.464. The molecule has 0 radical (unpaired) electrons. The molecule has 0 spiro atoms. The first-order valence-corrected chi connectivity index (χ1v) is 10.5. The lowest BCUT2D eigenvalue weighted by Crippen LogP contribution is -2.11. The van der Waals surface area contributed by atoms with Crippen molar-refractivity contribution in [1.29, 1.82) is 5.41 Å². The van der Waals surface area contributed by atoms with Crippen LogP contribution >= 0.6 is 0 Å². The number of Topliss-reactive ketones (excluding diaryl/α,β-unsaturated/α-hetero) is 1. The molecule has 0 unspecified atom stereocenters. The summed E-state index contributed by atoms with van der Waals surface area (Å²) in [4.78, 5) is 26.0. The highest BCUT2D eigenvalue weighted by Gasteiger charge is 2.26. The second-order valence-corrected chi connectivity index (χ2v) is 7.86. The summed E-state index contributed by atoms with van der Waals surface area (Å²) in [6.07, 6.45) is 0.290. The molecule has 1 aliphatic heterocycles. The fourth-order valence-electron chi connectivity index (χ4n) is 4.48. The Labute approximate surface area is 179 Å². The van der Waals surface area contributed by atoms with Crippen molar-refractivity contribution >= 4 is 39.1 Å². The molecular weight excluding hydrogens is 388 g/mol. The van der Waals surface area contributed by atoms with Crippen LogP contribution in [0, 0.1) is 12.3 Å². The van der Waals surface area contributed by atoms with Gasteiger partial charge in [-0.25, -0.2) is 0 Å². The number of carbonyl (C=O) groups is 2. The number of nitrogens with zero attached hydrogens (tertiary/aromatic N) is 1. The number of hydrogen-bond acceptors (Lipinski definition) is 4. The zero-order chi connectivity index (χ0) is 21.7. The highest BCUT2D eigenvalue weighted by molar-refractivity contribution is 6.46. The number of nitrogens with one attached hydrogen (secondary N) is 1. The van der Waals surface area contributed by atoms with Crippen LogP contribution in [0.15, 0.2) is 54.6 Å². The predicted molar refractivity (Wildman–Crippen MR) is 122 cm³/mol. The Balaban J connectivity index is 1.80. The van der Waals surface area contributed by atoms with Crippen LogP contribution in [-0.2, 0) is 6.54 Å². The third kappa shape index (κ3) is 2.88. The minimum absolute atomic E-state index is 0.0295. The average molecular weight is 410 g/mol. The van der Waals surface area contributed by atoms with Gasteiger partial charge in [-0.2, -0.15) is 0 Å². The van der Waals surface area contributed by atoms with Gasteiger partial charge in [0.25, 0.3) is 0 Å². The number of hydrogen-bond donors (Lipinski definition) is 1. The van der Waals surface area contributed by atoms with E-state index in [1.807, 2.05) is 55.5 Å². The van der Waals surface area contributed by atoms with E-state index in [1.165, 1.54) is 0 Å². The molecule has 0 bridgehead atoms. The van der Waals surface area contributed by atoms with Gasteiger partial charge >= 0.3 is 0 Å². The minimum Gasteiger partial charge on any atom is -0.492 e. The number of carbonyl (C=O) groups excluding carboxylic acids is 2. The van der Waals surface area contributed by atoms with Gasteiger partial charge in [0, 0.05) is 35.0 Å². The number of rotatable bonds is 3. The van der Waals surface area contributed by atoms with Crippen molar-refractivity contribution in [3.8, 4) is 5.75 Å². The van der Waals surface area contributed by atoms with Crippen molar-refractivity contribution in [3.63, 3.8) is 0 Å². The third-order valence-corrected chi connectivity index (χ3v) is 6.07. The van der Waals surface area contributed by atoms with Crippen molar-refractivity contribution in [1.82, 2.24) is 4.57 Å². The van der Waals surface area contributed by atoms with Gasteiger partial charge in [-0.05, 0) is 49.7 Å². The molecule has 2 heterocycles. The summed E-state index contributed by atoms with van der Waals surface area (Å²) >= 11 is 0. The van der Waals surface area contributed by atoms with Crippen LogP contribution in [0.3, 0.4) is 0 Å². The number of fused-ring (bicyclic) bond motifs is 5. The molecule has 31 heavy (non-hydrogen) atoms. The van der Waals surface area contributed by atoms with Crippen LogP contribution in [-0.4, -0.2) is 28.5 Å². The maximum atomic E-state index is 13.2. The smallest absolute Gasteiger partial charge is 0.210 e. The van der Waals surface area contributed by atoms with E-state index in [9.17, 15) is 9.59 Å². The lowest BCUT2D eigenvalue weighted by atomic mass is 9.97. The Morgan fingerprint density at radius 1 is 1.10 bits per heavy atom. The molecule has 1 aromatic heterocycles. The van der Waals surface area contributed by atoms with E-state index < -0.39 is 0 Å². The zero-order valence-electron chi connectivity index (χ0n) is 17.5. The van der Waals surface area contributed by atoms with Crippen LogP contribution in [0.5, 0.6) is 5.75 Å². The molecule has 1 N–H and O–H groups in total. The molecule has 0 saturated carbocycles. The summed E-state index contributed by atoms with van der Waals surface area (Å²) in [5.41, 5.74) is 4.64. The van der Waals surface area contributed by atoms with Crippen LogP contribution in [0.2, 0.25) is 0 Å². The first-order chi connectivity index (χ1) is 15.0. The molecule has 0 amide bonds. The second-order valence-electron chi connectivity index (χ2n) is 7.86. The average Bonchev–Trinajstić information content (AvgIpc) is 3.03. The fourth-order valence-corrected chi connectivity index (χ4v) is 4.48. The van der Waals surface area contributed by atoms with Crippen molar-refractivity contribution in [3.05, 3.63) is 76.9 Å². The summed E-state index contributed by atoms with van der Waals surface area (Å²) in [5, 5.41) is 9.72. The largest absolute Gasteiger partial charge is 0.492 e. The van der Waals surface area contributed by atoms with E-state index in [1.54, 1.807) is 6.07 Å². The summed E-state index contributed by atoms with van der Waals surface area (Å²) in [5.74, 6) is 0.194. The van der Waals surface area contributed by atoms with E-state index in [2.05, 4.69) is 11.5 Å². The van der Waals surface area contributed by atoms with Gasteiger partial charge in [0.15, 0.2) is 5.78 Å². The Hall–Kier alpha value is -3.73. The van der Waals surface area contributed by atoms with Gasteiger partial charge < -0.3 is 14.7 Å². The molecule has 4 aromatic rings. The molecular formula is C26H22N2O3. The van der Waals surface area contributed by atoms with E-state index in [0.29, 0.717) is 28.9 Å². The Kier molecular flexibility index (Phi) is 4.47. The van der Waals surface area contributed by atoms with Gasteiger partial charge in [0.1, 0.15) is 5.75 Å². The maximum absolute atomic E-state index is 13.2. The molecule has 5 heteroatoms. The van der Waals surface area contributed by atoms with Crippen molar-refractivity contribution < 1.29 is 14.3 Å². The van der Waals surface area contributed by atoms with Gasteiger partial charge in [0.05, 0.1) is 28.8 Å². The third-order valence-electron chi connectivity index (χ3n) is 6.07. The molecule has 0 saturated heterocycles. The first-order valence-electron chi connectivity index (χ1n) is 10.5. The summed E-state index contributed by atoms with van der Waals surface area (Å²) < 4.78 is 8.18. The highest BCUT2D eigenvalue weighted by atomic mass is 16.5. The van der Waals surface area contributed by atoms with Crippen molar-refractivity contribution in [2.75, 3.05) is 6.61 Å². The Morgan fingerprint density at radius 2 is 1.87 bits per heavy atom. The molecule has 5 nitrogen and oxygen atoms in total. The SMILES string of the molecule is CCn1c2ccc(C(=O)c3ccccc3C)cc2c2c3c(ccc21)C(=O)C(=N)CCO3. The molecule has 5 rings (SSSR count). The normalized spacial score (nSPS) is 13.9. The van der Waals surface area contributed by atoms with Gasteiger partial charge in [0.2, 0.25) is 5.78 Å². The van der Waals surface area contributed by atoms with E-state index >= 15 is 0 Å². The minimum atomic E-state index is -0.293. The standard InChI is InChI=1S/C26H22N2O3/c1-3-28-21-10-8-16(24(29)17-7-5-4-6-15(17)2)14-19(21)23-22(28)11-9-18-25(30)20(27)12-13-31-26(18)23/h4-11,14,27H,3,12-13H2,1-2H3. The fraction of sp³-hybridized carbons (Fsp3) is 0.192. The topological polar surface area (TPSA) is 72.2 Å². The monoisotopic (exact) mass is 410 g/mol. The van der Waals surface area contributed by atoms with Gasteiger partial charge in [-0.15, -0.1) is 0 Å². The Bertz CT molecular complexity index is 1410. The van der Waals surface area contributed by atoms with Crippen LogP contribution in [0.4, 0.5) is 0 Å². The lowest BCUT2D eigenvalue weighted by molar-refractivity contribution is 0.103. The summed E-state index contributed by atoms with van der Waals surface area (Å²) in [7, 11) is 0. The highest BCUT2D eigenvalue weighted by Crippen LogP contribution is 2.40. The second kappa shape index (κ2) is 7.20. The van der Waals surface area contributed by atoms with E-state index in [4.69, 9.17) is 10.1 Å².